The number of carbonyl (C=O) groups is 1. The number of amides is 1. The molecular formula is C23H23N3O4S. The van der Waals surface area contributed by atoms with E-state index in [4.69, 9.17) is 4.42 Å². The monoisotopic (exact) mass is 437 g/mol. The lowest BCUT2D eigenvalue weighted by Crippen LogP contribution is -2.29. The molecule has 1 aromatic heterocycles. The van der Waals surface area contributed by atoms with E-state index in [-0.39, 0.29) is 10.8 Å². The first-order valence-electron chi connectivity index (χ1n) is 10.1. The number of sulfonamides is 1. The highest BCUT2D eigenvalue weighted by atomic mass is 32.2. The molecule has 2 aromatic carbocycles. The van der Waals surface area contributed by atoms with Crippen LogP contribution in [0.15, 0.2) is 68.9 Å². The first-order chi connectivity index (χ1) is 15.0. The van der Waals surface area contributed by atoms with E-state index in [1.807, 2.05) is 31.2 Å². The van der Waals surface area contributed by atoms with Crippen LogP contribution < -0.4 is 10.0 Å². The molecule has 31 heavy (non-hydrogen) atoms. The standard InChI is InChI=1S/C23H23N3O4S/c1-2-20-19(18-9-3-4-10-21(18)30-20)12-13-23(27)25-16-7-5-8-17(15-16)31(28,29)26-22-11-6-14-24-22/h3-5,7-10,12-13,15H,2,6,11,14H2,1H3,(H,24,26)(H,25,27)/b13-12+. The molecule has 0 saturated heterocycles. The zero-order valence-electron chi connectivity index (χ0n) is 17.1. The molecule has 1 aliphatic rings. The quantitative estimate of drug-likeness (QED) is 0.567. The third-order valence-electron chi connectivity index (χ3n) is 4.97. The SMILES string of the molecule is CCc1oc2ccccc2c1/C=C/C(=O)Nc1cccc(S(=O)(=O)NC2=NCCC2)c1. The Balaban J connectivity index is 1.50. The summed E-state index contributed by atoms with van der Waals surface area (Å²) >= 11 is 0. The summed E-state index contributed by atoms with van der Waals surface area (Å²) in [5.74, 6) is 0.908. The van der Waals surface area contributed by atoms with Gasteiger partial charge in [-0.25, -0.2) is 8.42 Å². The van der Waals surface area contributed by atoms with E-state index in [1.165, 1.54) is 18.2 Å². The molecule has 0 unspecified atom stereocenters. The maximum Gasteiger partial charge on any atom is 0.262 e. The Morgan fingerprint density at radius 2 is 2.03 bits per heavy atom. The summed E-state index contributed by atoms with van der Waals surface area (Å²) < 4.78 is 33.5. The molecule has 0 saturated carbocycles. The highest BCUT2D eigenvalue weighted by Gasteiger charge is 2.18. The number of hydrogen-bond donors (Lipinski definition) is 2. The summed E-state index contributed by atoms with van der Waals surface area (Å²) in [5, 5.41) is 3.66. The third-order valence-corrected chi connectivity index (χ3v) is 6.35. The van der Waals surface area contributed by atoms with Gasteiger partial charge in [0, 0.05) is 42.1 Å². The minimum Gasteiger partial charge on any atom is -0.460 e. The number of nitrogens with zero attached hydrogens (tertiary/aromatic N) is 1. The number of rotatable bonds is 6. The second-order valence-corrected chi connectivity index (χ2v) is 8.86. The van der Waals surface area contributed by atoms with E-state index in [0.29, 0.717) is 30.9 Å². The van der Waals surface area contributed by atoms with Gasteiger partial charge in [-0.15, -0.1) is 0 Å². The van der Waals surface area contributed by atoms with E-state index in [0.717, 1.165) is 28.7 Å². The van der Waals surface area contributed by atoms with E-state index in [9.17, 15) is 13.2 Å². The van der Waals surface area contributed by atoms with Crippen LogP contribution in [0.2, 0.25) is 0 Å². The zero-order valence-corrected chi connectivity index (χ0v) is 17.9. The number of fused-ring (bicyclic) bond motifs is 1. The molecular weight excluding hydrogens is 414 g/mol. The van der Waals surface area contributed by atoms with Crippen molar-refractivity contribution in [3.63, 3.8) is 0 Å². The van der Waals surface area contributed by atoms with Crippen LogP contribution in [0.4, 0.5) is 5.69 Å². The fourth-order valence-corrected chi connectivity index (χ4v) is 4.62. The summed E-state index contributed by atoms with van der Waals surface area (Å²) in [5.41, 5.74) is 2.03. The number of para-hydroxylation sites is 1. The van der Waals surface area contributed by atoms with Gasteiger partial charge in [-0.2, -0.15) is 0 Å². The number of hydrogen-bond acceptors (Lipinski definition) is 5. The highest BCUT2D eigenvalue weighted by Crippen LogP contribution is 2.27. The van der Waals surface area contributed by atoms with E-state index < -0.39 is 10.0 Å². The van der Waals surface area contributed by atoms with Crippen molar-refractivity contribution in [1.82, 2.24) is 4.72 Å². The van der Waals surface area contributed by atoms with Crippen molar-refractivity contribution in [3.8, 4) is 0 Å². The molecule has 0 aliphatic carbocycles. The number of aryl methyl sites for hydroxylation is 1. The largest absolute Gasteiger partial charge is 0.460 e. The van der Waals surface area contributed by atoms with Crippen molar-refractivity contribution in [3.05, 3.63) is 65.9 Å². The summed E-state index contributed by atoms with van der Waals surface area (Å²) in [4.78, 5) is 16.7. The van der Waals surface area contributed by atoms with Crippen molar-refractivity contribution < 1.29 is 17.6 Å². The minimum atomic E-state index is -3.75. The smallest absolute Gasteiger partial charge is 0.262 e. The lowest BCUT2D eigenvalue weighted by atomic mass is 10.1. The number of benzene rings is 2. The second-order valence-electron chi connectivity index (χ2n) is 7.18. The number of amidine groups is 1. The maximum atomic E-state index is 12.6. The summed E-state index contributed by atoms with van der Waals surface area (Å²) in [7, 11) is -3.75. The van der Waals surface area contributed by atoms with Gasteiger partial charge in [0.2, 0.25) is 5.91 Å². The van der Waals surface area contributed by atoms with E-state index >= 15 is 0 Å². The summed E-state index contributed by atoms with van der Waals surface area (Å²) in [6.07, 6.45) is 5.30. The highest BCUT2D eigenvalue weighted by molar-refractivity contribution is 7.90. The Morgan fingerprint density at radius 1 is 1.19 bits per heavy atom. The fraction of sp³-hybridized carbons (Fsp3) is 0.217. The van der Waals surface area contributed by atoms with Crippen LogP contribution in [-0.2, 0) is 21.2 Å². The van der Waals surface area contributed by atoms with Gasteiger partial charge in [-0.3, -0.25) is 14.5 Å². The molecule has 8 heteroatoms. The lowest BCUT2D eigenvalue weighted by molar-refractivity contribution is -0.111. The Kier molecular flexibility index (Phi) is 5.90. The van der Waals surface area contributed by atoms with Crippen LogP contribution >= 0.6 is 0 Å². The molecule has 2 N–H and O–H groups in total. The molecule has 7 nitrogen and oxygen atoms in total. The predicted octanol–water partition coefficient (Wildman–Crippen LogP) is 4.12. The molecule has 1 amide bonds. The van der Waals surface area contributed by atoms with Crippen molar-refractivity contribution in [1.29, 1.82) is 0 Å². The van der Waals surface area contributed by atoms with Gasteiger partial charge >= 0.3 is 0 Å². The van der Waals surface area contributed by atoms with Crippen LogP contribution in [0.5, 0.6) is 0 Å². The van der Waals surface area contributed by atoms with Crippen LogP contribution in [0, 0.1) is 0 Å². The molecule has 0 spiro atoms. The molecule has 1 aliphatic heterocycles. The van der Waals surface area contributed by atoms with E-state index in [2.05, 4.69) is 15.0 Å². The second kappa shape index (κ2) is 8.77. The Labute approximate surface area is 180 Å². The predicted molar refractivity (Wildman–Crippen MR) is 122 cm³/mol. The number of anilines is 1. The fourth-order valence-electron chi connectivity index (χ4n) is 3.48. The molecule has 2 heterocycles. The Bertz CT molecular complexity index is 1290. The van der Waals surface area contributed by atoms with Crippen LogP contribution in [-0.4, -0.2) is 26.7 Å². The van der Waals surface area contributed by atoms with Crippen molar-refractivity contribution in [2.75, 3.05) is 11.9 Å². The van der Waals surface area contributed by atoms with Gasteiger partial charge in [-0.1, -0.05) is 31.2 Å². The van der Waals surface area contributed by atoms with Crippen LogP contribution in [0.3, 0.4) is 0 Å². The molecule has 0 bridgehead atoms. The van der Waals surface area contributed by atoms with Gasteiger partial charge in [0.25, 0.3) is 10.0 Å². The third kappa shape index (κ3) is 4.69. The number of aliphatic imine (C=N–C) groups is 1. The number of furan rings is 1. The van der Waals surface area contributed by atoms with Crippen molar-refractivity contribution in [2.24, 2.45) is 4.99 Å². The van der Waals surface area contributed by atoms with Gasteiger partial charge in [0.1, 0.15) is 17.2 Å². The van der Waals surface area contributed by atoms with Crippen LogP contribution in [0.25, 0.3) is 17.0 Å². The molecule has 4 rings (SSSR count). The average Bonchev–Trinajstić information content (AvgIpc) is 3.39. The van der Waals surface area contributed by atoms with Gasteiger partial charge in [0.15, 0.2) is 0 Å². The normalized spacial score (nSPS) is 14.2. The Hall–Kier alpha value is -3.39. The zero-order chi connectivity index (χ0) is 21.8. The topological polar surface area (TPSA) is 101 Å². The van der Waals surface area contributed by atoms with Crippen molar-refractivity contribution in [2.45, 2.75) is 31.1 Å². The van der Waals surface area contributed by atoms with Crippen molar-refractivity contribution >= 4 is 44.5 Å². The molecule has 0 radical (unpaired) electrons. The minimum absolute atomic E-state index is 0.0676. The number of nitrogens with one attached hydrogen (secondary N) is 2. The summed E-state index contributed by atoms with van der Waals surface area (Å²) in [6, 6.07) is 13.8. The first-order valence-corrected chi connectivity index (χ1v) is 11.6. The molecule has 3 aromatic rings. The average molecular weight is 438 g/mol. The summed E-state index contributed by atoms with van der Waals surface area (Å²) in [6.45, 7) is 2.62. The Morgan fingerprint density at radius 3 is 2.81 bits per heavy atom. The molecule has 160 valence electrons. The lowest BCUT2D eigenvalue weighted by Gasteiger charge is -2.09. The first kappa shape index (κ1) is 20.9. The van der Waals surface area contributed by atoms with Crippen LogP contribution in [0.1, 0.15) is 31.1 Å². The van der Waals surface area contributed by atoms with Gasteiger partial charge in [0.05, 0.1) is 4.90 Å². The maximum absolute atomic E-state index is 12.6. The molecule has 0 fully saturated rings. The van der Waals surface area contributed by atoms with Gasteiger partial charge < -0.3 is 9.73 Å². The van der Waals surface area contributed by atoms with E-state index in [1.54, 1.807) is 18.2 Å². The van der Waals surface area contributed by atoms with Gasteiger partial charge in [-0.05, 0) is 36.8 Å². The molecule has 0 atom stereocenters. The number of carbonyl (C=O) groups excluding carboxylic acids is 1.